The summed E-state index contributed by atoms with van der Waals surface area (Å²) in [4.78, 5) is 12.3. The summed E-state index contributed by atoms with van der Waals surface area (Å²) < 4.78 is 31.4. The van der Waals surface area contributed by atoms with Gasteiger partial charge in [0, 0.05) is 18.7 Å². The average molecular weight is 360 g/mol. The molecule has 7 heteroatoms. The van der Waals surface area contributed by atoms with Crippen molar-refractivity contribution in [2.24, 2.45) is 0 Å². The quantitative estimate of drug-likeness (QED) is 0.706. The summed E-state index contributed by atoms with van der Waals surface area (Å²) in [5, 5.41) is 2.79. The lowest BCUT2D eigenvalue weighted by atomic mass is 10.2. The molecule has 2 aromatic carbocycles. The largest absolute Gasteiger partial charge is 0.497 e. The molecule has 0 fully saturated rings. The lowest BCUT2D eigenvalue weighted by Gasteiger charge is -2.08. The molecule has 0 aliphatic carbocycles. The molecule has 2 rings (SSSR count). The highest BCUT2D eigenvalue weighted by atomic mass is 32.2. The van der Waals surface area contributed by atoms with Gasteiger partial charge in [-0.1, -0.05) is 18.2 Å². The predicted molar refractivity (Wildman–Crippen MR) is 96.0 cm³/mol. The van der Waals surface area contributed by atoms with Crippen molar-refractivity contribution in [2.75, 3.05) is 13.7 Å². The van der Waals surface area contributed by atoms with E-state index in [1.165, 1.54) is 30.3 Å². The number of carbonyl (C=O) groups excluding carboxylic acids is 1. The molecule has 6 nitrogen and oxygen atoms in total. The Morgan fingerprint density at radius 2 is 1.76 bits per heavy atom. The maximum Gasteiger partial charge on any atom is 0.251 e. The van der Waals surface area contributed by atoms with Crippen molar-refractivity contribution in [2.45, 2.75) is 11.4 Å². The molecule has 0 aliphatic heterocycles. The Kier molecular flexibility index (Phi) is 6.32. The van der Waals surface area contributed by atoms with Crippen molar-refractivity contribution in [3.8, 4) is 5.75 Å². The van der Waals surface area contributed by atoms with E-state index in [1.807, 2.05) is 24.3 Å². The molecule has 132 valence electrons. The van der Waals surface area contributed by atoms with Gasteiger partial charge in [-0.3, -0.25) is 4.79 Å². The molecule has 25 heavy (non-hydrogen) atoms. The van der Waals surface area contributed by atoms with E-state index >= 15 is 0 Å². The lowest BCUT2D eigenvalue weighted by Crippen LogP contribution is -2.24. The monoisotopic (exact) mass is 360 g/mol. The second-order valence-electron chi connectivity index (χ2n) is 5.20. The first-order valence-electron chi connectivity index (χ1n) is 7.58. The number of rotatable bonds is 8. The van der Waals surface area contributed by atoms with Gasteiger partial charge >= 0.3 is 0 Å². The van der Waals surface area contributed by atoms with Crippen molar-refractivity contribution < 1.29 is 17.9 Å². The van der Waals surface area contributed by atoms with Gasteiger partial charge in [0.2, 0.25) is 10.0 Å². The highest BCUT2D eigenvalue weighted by Gasteiger charge is 2.13. The van der Waals surface area contributed by atoms with Crippen LogP contribution < -0.4 is 14.8 Å². The van der Waals surface area contributed by atoms with Crippen LogP contribution >= 0.6 is 0 Å². The molecule has 0 atom stereocenters. The van der Waals surface area contributed by atoms with Crippen molar-refractivity contribution in [1.29, 1.82) is 0 Å². The van der Waals surface area contributed by atoms with E-state index in [9.17, 15) is 13.2 Å². The third kappa shape index (κ3) is 5.17. The van der Waals surface area contributed by atoms with Gasteiger partial charge in [0.15, 0.2) is 0 Å². The summed E-state index contributed by atoms with van der Waals surface area (Å²) >= 11 is 0. The fourth-order valence-corrected chi connectivity index (χ4v) is 3.06. The van der Waals surface area contributed by atoms with E-state index in [0.717, 1.165) is 11.3 Å². The van der Waals surface area contributed by atoms with Gasteiger partial charge in [0.1, 0.15) is 5.75 Å². The van der Waals surface area contributed by atoms with E-state index in [1.54, 1.807) is 7.11 Å². The Hall–Kier alpha value is -2.64. The zero-order valence-electron chi connectivity index (χ0n) is 13.9. The van der Waals surface area contributed by atoms with Crippen molar-refractivity contribution in [3.63, 3.8) is 0 Å². The molecular weight excluding hydrogens is 340 g/mol. The topological polar surface area (TPSA) is 84.5 Å². The van der Waals surface area contributed by atoms with Gasteiger partial charge in [-0.05, 0) is 42.0 Å². The number of sulfonamides is 1. The van der Waals surface area contributed by atoms with Gasteiger partial charge in [-0.15, -0.1) is 6.58 Å². The van der Waals surface area contributed by atoms with Crippen molar-refractivity contribution in [3.05, 3.63) is 72.3 Å². The number of hydrogen-bond acceptors (Lipinski definition) is 4. The molecular formula is C18H20N2O4S. The fourth-order valence-electron chi connectivity index (χ4n) is 2.07. The van der Waals surface area contributed by atoms with Gasteiger partial charge in [-0.25, -0.2) is 13.1 Å². The summed E-state index contributed by atoms with van der Waals surface area (Å²) in [7, 11) is -2.00. The van der Waals surface area contributed by atoms with Crippen LogP contribution in [0, 0.1) is 0 Å². The van der Waals surface area contributed by atoms with E-state index in [2.05, 4.69) is 16.6 Å². The molecule has 0 aliphatic rings. The van der Waals surface area contributed by atoms with Crippen LogP contribution in [0.15, 0.2) is 66.1 Å². The Morgan fingerprint density at radius 3 is 2.32 bits per heavy atom. The molecule has 0 aromatic heterocycles. The fraction of sp³-hybridized carbons (Fsp3) is 0.167. The SMILES string of the molecule is C=CCNS(=O)(=O)c1ccc(C(=O)NCc2ccc(OC)cc2)cc1. The van der Waals surface area contributed by atoms with Gasteiger partial charge < -0.3 is 10.1 Å². The second-order valence-corrected chi connectivity index (χ2v) is 6.96. The molecule has 0 radical (unpaired) electrons. The summed E-state index contributed by atoms with van der Waals surface area (Å²) in [6, 6.07) is 13.1. The minimum Gasteiger partial charge on any atom is -0.497 e. The molecule has 0 saturated carbocycles. The van der Waals surface area contributed by atoms with E-state index in [-0.39, 0.29) is 17.3 Å². The van der Waals surface area contributed by atoms with Gasteiger partial charge in [0.05, 0.1) is 12.0 Å². The number of amides is 1. The van der Waals surface area contributed by atoms with Crippen LogP contribution in [0.25, 0.3) is 0 Å². The minimum absolute atomic E-state index is 0.0982. The maximum absolute atomic E-state index is 12.2. The molecule has 0 bridgehead atoms. The van der Waals surface area contributed by atoms with Crippen LogP contribution in [0.1, 0.15) is 15.9 Å². The number of nitrogens with one attached hydrogen (secondary N) is 2. The average Bonchev–Trinajstić information content (AvgIpc) is 2.65. The molecule has 0 heterocycles. The number of hydrogen-bond donors (Lipinski definition) is 2. The number of benzene rings is 2. The summed E-state index contributed by atoms with van der Waals surface area (Å²) in [6.07, 6.45) is 1.46. The van der Waals surface area contributed by atoms with Crippen LogP contribution in [0.5, 0.6) is 5.75 Å². The molecule has 0 saturated heterocycles. The van der Waals surface area contributed by atoms with Crippen LogP contribution in [-0.4, -0.2) is 28.0 Å². The van der Waals surface area contributed by atoms with Gasteiger partial charge in [0.25, 0.3) is 5.91 Å². The first kappa shape index (κ1) is 18.7. The molecule has 0 unspecified atom stereocenters. The van der Waals surface area contributed by atoms with Crippen LogP contribution in [0.4, 0.5) is 0 Å². The minimum atomic E-state index is -3.59. The first-order chi connectivity index (χ1) is 12.0. The Bertz CT molecular complexity index is 828. The Morgan fingerprint density at radius 1 is 1.12 bits per heavy atom. The normalized spacial score (nSPS) is 10.9. The van der Waals surface area contributed by atoms with Crippen LogP contribution in [-0.2, 0) is 16.6 Å². The zero-order valence-corrected chi connectivity index (χ0v) is 14.7. The number of ether oxygens (including phenoxy) is 1. The summed E-state index contributed by atoms with van der Waals surface area (Å²) in [5.41, 5.74) is 1.32. The second kappa shape index (κ2) is 8.46. The Labute approximate surface area is 147 Å². The van der Waals surface area contributed by atoms with Crippen LogP contribution in [0.2, 0.25) is 0 Å². The molecule has 2 aromatic rings. The third-order valence-corrected chi connectivity index (χ3v) is 4.90. The first-order valence-corrected chi connectivity index (χ1v) is 9.06. The number of carbonyl (C=O) groups is 1. The van der Waals surface area contributed by atoms with E-state index < -0.39 is 10.0 Å². The molecule has 2 N–H and O–H groups in total. The summed E-state index contributed by atoms with van der Waals surface area (Å²) in [6.45, 7) is 3.97. The number of methoxy groups -OCH3 is 1. The van der Waals surface area contributed by atoms with Crippen molar-refractivity contribution >= 4 is 15.9 Å². The smallest absolute Gasteiger partial charge is 0.251 e. The third-order valence-electron chi connectivity index (χ3n) is 3.46. The summed E-state index contributed by atoms with van der Waals surface area (Å²) in [5.74, 6) is 0.468. The van der Waals surface area contributed by atoms with E-state index in [0.29, 0.717) is 12.1 Å². The molecule has 1 amide bonds. The predicted octanol–water partition coefficient (Wildman–Crippen LogP) is 2.09. The van der Waals surface area contributed by atoms with Gasteiger partial charge in [-0.2, -0.15) is 0 Å². The zero-order chi connectivity index (χ0) is 18.3. The highest BCUT2D eigenvalue weighted by Crippen LogP contribution is 2.12. The Balaban J connectivity index is 1.98. The highest BCUT2D eigenvalue weighted by molar-refractivity contribution is 7.89. The van der Waals surface area contributed by atoms with Crippen molar-refractivity contribution in [1.82, 2.24) is 10.0 Å². The maximum atomic E-state index is 12.2. The van der Waals surface area contributed by atoms with E-state index in [4.69, 9.17) is 4.74 Å². The molecule has 0 spiro atoms. The van der Waals surface area contributed by atoms with Crippen LogP contribution in [0.3, 0.4) is 0 Å². The standard InChI is InChI=1S/C18H20N2O4S/c1-3-12-20-25(22,23)17-10-6-15(7-11-17)18(21)19-13-14-4-8-16(24-2)9-5-14/h3-11,20H,1,12-13H2,2H3,(H,19,21). The lowest BCUT2D eigenvalue weighted by molar-refractivity contribution is 0.0951.